The van der Waals surface area contributed by atoms with Crippen molar-refractivity contribution in [3.63, 3.8) is 0 Å². The summed E-state index contributed by atoms with van der Waals surface area (Å²) < 4.78 is 20.4. The van der Waals surface area contributed by atoms with Crippen molar-refractivity contribution < 1.29 is 13.9 Å². The number of hydrogen-bond donors (Lipinski definition) is 0. The highest BCUT2D eigenvalue weighted by Crippen LogP contribution is 2.39. The second kappa shape index (κ2) is 11.8. The number of aryl methyl sites for hydroxylation is 1. The molecule has 1 saturated heterocycles. The largest absolute Gasteiger partial charge is 0.492 e. The number of nitrogens with zero attached hydrogens (tertiary/aromatic N) is 2. The van der Waals surface area contributed by atoms with Crippen molar-refractivity contribution in [2.75, 3.05) is 39.3 Å². The molecule has 5 heteroatoms. The van der Waals surface area contributed by atoms with Gasteiger partial charge >= 0.3 is 0 Å². The van der Waals surface area contributed by atoms with Crippen LogP contribution in [0.3, 0.4) is 0 Å². The lowest BCUT2D eigenvalue weighted by Gasteiger charge is -2.45. The number of para-hydroxylation sites is 1. The van der Waals surface area contributed by atoms with Crippen LogP contribution in [-0.4, -0.2) is 55.0 Å². The standard InChI is InChI=1S/C29H39FN2O2/c1-2-3-18-31-21-22-34-27-14-7-4-10-24(27)11-8-9-15-29(23-31)16-19-32(20-17-29)28(33)25-12-5-6-13-26(25)30/h4-7,10,12-14H,2-3,8-9,11,15-23H2,1H3. The highest BCUT2D eigenvalue weighted by Gasteiger charge is 2.37. The molecule has 184 valence electrons. The maximum atomic E-state index is 14.2. The molecular formula is C29H39FN2O2. The van der Waals surface area contributed by atoms with E-state index in [1.165, 1.54) is 37.3 Å². The van der Waals surface area contributed by atoms with Gasteiger partial charge in [-0.2, -0.15) is 0 Å². The SMILES string of the molecule is CCCCN1CCOc2ccccc2CCCCC2(CCN(C(=O)c3ccccc3F)CC2)C1. The first-order valence-corrected chi connectivity index (χ1v) is 13.1. The third-order valence-corrected chi connectivity index (χ3v) is 7.64. The average molecular weight is 467 g/mol. The Morgan fingerprint density at radius 1 is 1.00 bits per heavy atom. The van der Waals surface area contributed by atoms with E-state index in [9.17, 15) is 9.18 Å². The van der Waals surface area contributed by atoms with Gasteiger partial charge in [-0.1, -0.05) is 50.1 Å². The van der Waals surface area contributed by atoms with Gasteiger partial charge in [0.2, 0.25) is 0 Å². The van der Waals surface area contributed by atoms with E-state index in [1.54, 1.807) is 18.2 Å². The van der Waals surface area contributed by atoms with Gasteiger partial charge in [0.05, 0.1) is 5.56 Å². The fourth-order valence-corrected chi connectivity index (χ4v) is 5.55. The molecule has 0 unspecified atom stereocenters. The maximum absolute atomic E-state index is 14.2. The van der Waals surface area contributed by atoms with E-state index in [0.29, 0.717) is 19.7 Å². The molecule has 34 heavy (non-hydrogen) atoms. The number of piperidine rings is 1. The maximum Gasteiger partial charge on any atom is 0.256 e. The number of rotatable bonds is 4. The number of unbranched alkanes of at least 4 members (excludes halogenated alkanes) is 1. The molecule has 2 heterocycles. The Labute approximate surface area is 204 Å². The number of benzene rings is 2. The smallest absolute Gasteiger partial charge is 0.256 e. The third-order valence-electron chi connectivity index (χ3n) is 7.64. The topological polar surface area (TPSA) is 32.8 Å². The molecule has 2 aromatic carbocycles. The van der Waals surface area contributed by atoms with Gasteiger partial charge < -0.3 is 9.64 Å². The van der Waals surface area contributed by atoms with Gasteiger partial charge in [0.15, 0.2) is 0 Å². The van der Waals surface area contributed by atoms with E-state index >= 15 is 0 Å². The molecule has 0 atom stereocenters. The molecule has 0 saturated carbocycles. The van der Waals surface area contributed by atoms with Crippen LogP contribution < -0.4 is 4.74 Å². The first-order valence-electron chi connectivity index (χ1n) is 13.1. The zero-order valence-corrected chi connectivity index (χ0v) is 20.6. The number of halogens is 1. The zero-order chi connectivity index (χ0) is 23.8. The minimum Gasteiger partial charge on any atom is -0.492 e. The first-order chi connectivity index (χ1) is 16.6. The molecule has 2 aliphatic rings. The summed E-state index contributed by atoms with van der Waals surface area (Å²) >= 11 is 0. The van der Waals surface area contributed by atoms with Gasteiger partial charge in [-0.15, -0.1) is 0 Å². The Bertz CT molecular complexity index is 939. The minimum atomic E-state index is -0.426. The Morgan fingerprint density at radius 2 is 1.76 bits per heavy atom. The van der Waals surface area contributed by atoms with Gasteiger partial charge in [0.25, 0.3) is 5.91 Å². The summed E-state index contributed by atoms with van der Waals surface area (Å²) in [6.07, 6.45) is 8.87. The van der Waals surface area contributed by atoms with Gasteiger partial charge in [0, 0.05) is 26.2 Å². The van der Waals surface area contributed by atoms with Crippen LogP contribution in [0.15, 0.2) is 48.5 Å². The Morgan fingerprint density at radius 3 is 2.56 bits per heavy atom. The predicted octanol–water partition coefficient (Wildman–Crippen LogP) is 5.96. The van der Waals surface area contributed by atoms with Crippen molar-refractivity contribution >= 4 is 5.91 Å². The summed E-state index contributed by atoms with van der Waals surface area (Å²) in [6, 6.07) is 14.8. The fourth-order valence-electron chi connectivity index (χ4n) is 5.55. The van der Waals surface area contributed by atoms with Crippen LogP contribution in [0.5, 0.6) is 5.75 Å². The van der Waals surface area contributed by atoms with Crippen molar-refractivity contribution in [1.29, 1.82) is 0 Å². The van der Waals surface area contributed by atoms with Crippen LogP contribution in [0.2, 0.25) is 0 Å². The summed E-state index contributed by atoms with van der Waals surface area (Å²) in [7, 11) is 0. The number of fused-ring (bicyclic) bond motifs is 1. The van der Waals surface area contributed by atoms with Crippen LogP contribution in [0.4, 0.5) is 4.39 Å². The van der Waals surface area contributed by atoms with Crippen molar-refractivity contribution in [2.24, 2.45) is 5.41 Å². The van der Waals surface area contributed by atoms with E-state index in [4.69, 9.17) is 4.74 Å². The van der Waals surface area contributed by atoms with Gasteiger partial charge in [-0.3, -0.25) is 9.69 Å². The first kappa shape index (κ1) is 24.7. The van der Waals surface area contributed by atoms with Crippen LogP contribution in [0.1, 0.15) is 67.8 Å². The Hall–Kier alpha value is -2.40. The quantitative estimate of drug-likeness (QED) is 0.558. The van der Waals surface area contributed by atoms with E-state index < -0.39 is 5.82 Å². The third kappa shape index (κ3) is 6.18. The van der Waals surface area contributed by atoms with Crippen molar-refractivity contribution in [3.05, 3.63) is 65.5 Å². The van der Waals surface area contributed by atoms with E-state index in [0.717, 1.165) is 51.1 Å². The number of carbonyl (C=O) groups excluding carboxylic acids is 1. The molecule has 0 radical (unpaired) electrons. The Balaban J connectivity index is 1.46. The second-order valence-electron chi connectivity index (χ2n) is 10.1. The van der Waals surface area contributed by atoms with Crippen LogP contribution in [0.25, 0.3) is 0 Å². The van der Waals surface area contributed by atoms with Crippen LogP contribution in [-0.2, 0) is 6.42 Å². The van der Waals surface area contributed by atoms with Gasteiger partial charge in [-0.25, -0.2) is 4.39 Å². The molecule has 1 amide bonds. The molecule has 2 aliphatic heterocycles. The monoisotopic (exact) mass is 466 g/mol. The van der Waals surface area contributed by atoms with Crippen molar-refractivity contribution in [2.45, 2.75) is 58.3 Å². The number of ether oxygens (including phenoxy) is 1. The molecule has 0 aromatic heterocycles. The molecule has 1 fully saturated rings. The molecule has 0 aliphatic carbocycles. The number of amides is 1. The van der Waals surface area contributed by atoms with Crippen LogP contribution >= 0.6 is 0 Å². The highest BCUT2D eigenvalue weighted by atomic mass is 19.1. The van der Waals surface area contributed by atoms with Gasteiger partial charge in [0.1, 0.15) is 18.2 Å². The lowest BCUT2D eigenvalue weighted by molar-refractivity contribution is 0.0372. The van der Waals surface area contributed by atoms with Crippen molar-refractivity contribution in [3.8, 4) is 5.75 Å². The summed E-state index contributed by atoms with van der Waals surface area (Å²) in [5, 5.41) is 0. The fraction of sp³-hybridized carbons (Fsp3) is 0.552. The predicted molar refractivity (Wildman–Crippen MR) is 135 cm³/mol. The molecule has 0 N–H and O–H groups in total. The lowest BCUT2D eigenvalue weighted by atomic mass is 9.73. The van der Waals surface area contributed by atoms with E-state index in [2.05, 4.69) is 36.1 Å². The summed E-state index contributed by atoms with van der Waals surface area (Å²) in [5.41, 5.74) is 1.71. The summed E-state index contributed by atoms with van der Waals surface area (Å²) in [6.45, 7) is 7.41. The number of carbonyl (C=O) groups is 1. The summed E-state index contributed by atoms with van der Waals surface area (Å²) in [5.74, 6) is 0.437. The van der Waals surface area contributed by atoms with E-state index in [1.807, 2.05) is 4.90 Å². The molecular weight excluding hydrogens is 427 g/mol. The number of hydrogen-bond acceptors (Lipinski definition) is 3. The summed E-state index contributed by atoms with van der Waals surface area (Å²) in [4.78, 5) is 17.4. The minimum absolute atomic E-state index is 0.172. The highest BCUT2D eigenvalue weighted by molar-refractivity contribution is 5.94. The molecule has 0 bridgehead atoms. The second-order valence-corrected chi connectivity index (χ2v) is 10.1. The Kier molecular flexibility index (Phi) is 8.60. The van der Waals surface area contributed by atoms with Crippen LogP contribution in [0, 0.1) is 11.2 Å². The normalized spacial score (nSPS) is 19.5. The number of likely N-dealkylation sites (tertiary alicyclic amines) is 1. The molecule has 2 aromatic rings. The van der Waals surface area contributed by atoms with Crippen molar-refractivity contribution in [1.82, 2.24) is 9.80 Å². The molecule has 4 rings (SSSR count). The van der Waals surface area contributed by atoms with Gasteiger partial charge in [-0.05, 0) is 74.2 Å². The molecule has 4 nitrogen and oxygen atoms in total. The van der Waals surface area contributed by atoms with E-state index in [-0.39, 0.29) is 16.9 Å². The lowest BCUT2D eigenvalue weighted by Crippen LogP contribution is -2.49. The average Bonchev–Trinajstić information content (AvgIpc) is 2.85. The zero-order valence-electron chi connectivity index (χ0n) is 20.6. The molecule has 1 spiro atoms.